The summed E-state index contributed by atoms with van der Waals surface area (Å²) in [6.07, 6.45) is -2.28. The van der Waals surface area contributed by atoms with Gasteiger partial charge in [-0.2, -0.15) is 0 Å². The minimum Gasteiger partial charge on any atom is -0.410 e. The van der Waals surface area contributed by atoms with Crippen molar-refractivity contribution in [2.75, 3.05) is 6.54 Å². The number of nitrogens with one attached hydrogen (secondary N) is 1. The first-order valence-electron chi connectivity index (χ1n) is 13.5. The van der Waals surface area contributed by atoms with Gasteiger partial charge >= 0.3 is 12.2 Å². The molecule has 4 rings (SSSR count). The summed E-state index contributed by atoms with van der Waals surface area (Å²) in [6.45, 7) is 2.73. The first kappa shape index (κ1) is 36.1. The van der Waals surface area contributed by atoms with Crippen molar-refractivity contribution in [2.24, 2.45) is 0 Å². The molecule has 1 aromatic heterocycles. The fourth-order valence-electron chi connectivity index (χ4n) is 4.49. The number of hydrogen-bond donors (Lipinski definition) is 5. The standard InChI is InChI=1S/C26H30N4O14S3/c1-3-28(26(32)44-20-10-6-18(7-11-20)15-42-30(35)36)22-12-16(2)46(37,38)24-21(22)13-23(45-24)47(39,40)27-25(31)43-19-8-4-17(5-9-19)14-41-29(33)34/h4-11,13,16,22,33-36H,3,12,14-15H2,1-2H3,(H,27,31)/t16?,22-/m0/s1. The van der Waals surface area contributed by atoms with Gasteiger partial charge in [0.25, 0.3) is 10.0 Å². The number of amides is 2. The number of hydrogen-bond acceptors (Lipinski definition) is 17. The van der Waals surface area contributed by atoms with Crippen LogP contribution in [-0.2, 0) is 42.7 Å². The summed E-state index contributed by atoms with van der Waals surface area (Å²) in [6, 6.07) is 11.5. The number of carbonyl (C=O) groups excluding carboxylic acids is 2. The first-order valence-corrected chi connectivity index (χ1v) is 17.4. The molecule has 1 unspecified atom stereocenters. The third kappa shape index (κ3) is 9.00. The third-order valence-corrected chi connectivity index (χ3v) is 12.5. The largest absolute Gasteiger partial charge is 0.426 e. The predicted octanol–water partition coefficient (Wildman–Crippen LogP) is 3.38. The molecule has 1 aliphatic heterocycles. The molecule has 0 saturated heterocycles. The van der Waals surface area contributed by atoms with E-state index in [0.29, 0.717) is 22.5 Å². The topological polar surface area (TPSA) is 242 Å². The van der Waals surface area contributed by atoms with E-state index in [2.05, 4.69) is 9.68 Å². The van der Waals surface area contributed by atoms with Crippen LogP contribution in [0.3, 0.4) is 0 Å². The van der Waals surface area contributed by atoms with E-state index in [1.807, 2.05) is 0 Å². The molecule has 0 fully saturated rings. The van der Waals surface area contributed by atoms with Crippen LogP contribution in [0.25, 0.3) is 0 Å². The van der Waals surface area contributed by atoms with Crippen LogP contribution >= 0.6 is 11.3 Å². The zero-order valence-electron chi connectivity index (χ0n) is 24.6. The smallest absolute Gasteiger partial charge is 0.410 e. The lowest BCUT2D eigenvalue weighted by atomic mass is 10.0. The second-order valence-electron chi connectivity index (χ2n) is 9.90. The van der Waals surface area contributed by atoms with Crippen molar-refractivity contribution in [3.63, 3.8) is 0 Å². The van der Waals surface area contributed by atoms with E-state index in [9.17, 15) is 26.4 Å². The summed E-state index contributed by atoms with van der Waals surface area (Å²) < 4.78 is 64.3. The van der Waals surface area contributed by atoms with E-state index in [1.165, 1.54) is 60.4 Å². The highest BCUT2D eigenvalue weighted by molar-refractivity contribution is 7.95. The molecule has 3 aromatic rings. The quantitative estimate of drug-likeness (QED) is 0.169. The van der Waals surface area contributed by atoms with Crippen LogP contribution in [0.15, 0.2) is 63.0 Å². The van der Waals surface area contributed by atoms with E-state index in [-0.39, 0.29) is 47.5 Å². The average molecular weight is 719 g/mol. The lowest BCUT2D eigenvalue weighted by Gasteiger charge is -2.35. The lowest BCUT2D eigenvalue weighted by molar-refractivity contribution is -0.497. The molecule has 2 atom stereocenters. The molecule has 47 heavy (non-hydrogen) atoms. The fourth-order valence-corrected chi connectivity index (χ4v) is 9.34. The Morgan fingerprint density at radius 1 is 0.915 bits per heavy atom. The van der Waals surface area contributed by atoms with Crippen molar-refractivity contribution in [2.45, 2.75) is 53.2 Å². The second kappa shape index (κ2) is 15.0. The van der Waals surface area contributed by atoms with Gasteiger partial charge in [-0.05, 0) is 61.7 Å². The van der Waals surface area contributed by atoms with E-state index in [4.69, 9.17) is 30.3 Å². The Morgan fingerprint density at radius 2 is 1.43 bits per heavy atom. The zero-order chi connectivity index (χ0) is 34.5. The number of fused-ring (bicyclic) bond motifs is 1. The summed E-state index contributed by atoms with van der Waals surface area (Å²) in [5.41, 5.74) is 1.03. The molecule has 2 amide bonds. The number of rotatable bonds is 12. The Labute approximate surface area is 272 Å². The number of nitrogens with zero attached hydrogens (tertiary/aromatic N) is 3. The van der Waals surface area contributed by atoms with E-state index in [1.54, 1.807) is 11.6 Å². The van der Waals surface area contributed by atoms with Gasteiger partial charge in [0, 0.05) is 12.1 Å². The van der Waals surface area contributed by atoms with E-state index < -0.39 is 58.3 Å². The number of benzene rings is 2. The highest BCUT2D eigenvalue weighted by atomic mass is 32.3. The molecule has 5 N–H and O–H groups in total. The van der Waals surface area contributed by atoms with Crippen LogP contribution in [0.4, 0.5) is 9.59 Å². The highest BCUT2D eigenvalue weighted by Crippen LogP contribution is 2.45. The van der Waals surface area contributed by atoms with Gasteiger partial charge in [-0.3, -0.25) is 20.8 Å². The number of ether oxygens (including phenoxy) is 2. The Morgan fingerprint density at radius 3 is 1.91 bits per heavy atom. The number of thiophene rings is 1. The Hall–Kier alpha value is -3.74. The van der Waals surface area contributed by atoms with Crippen LogP contribution in [0.2, 0.25) is 0 Å². The number of sulfone groups is 1. The minimum atomic E-state index is -4.64. The van der Waals surface area contributed by atoms with Gasteiger partial charge in [0.15, 0.2) is 9.84 Å². The molecule has 0 saturated carbocycles. The van der Waals surface area contributed by atoms with Crippen molar-refractivity contribution in [3.8, 4) is 11.5 Å². The van der Waals surface area contributed by atoms with E-state index in [0.717, 1.165) is 6.07 Å². The van der Waals surface area contributed by atoms with Crippen molar-refractivity contribution in [1.29, 1.82) is 0 Å². The molecule has 0 radical (unpaired) electrons. The van der Waals surface area contributed by atoms with Crippen LogP contribution in [-0.4, -0.2) is 77.3 Å². The van der Waals surface area contributed by atoms with Gasteiger partial charge in [-0.25, -0.2) is 40.8 Å². The van der Waals surface area contributed by atoms with Crippen molar-refractivity contribution < 1.29 is 66.4 Å². The van der Waals surface area contributed by atoms with Crippen LogP contribution in [0, 0.1) is 0 Å². The van der Waals surface area contributed by atoms with Crippen LogP contribution < -0.4 is 14.2 Å². The maximum Gasteiger partial charge on any atom is 0.426 e. The molecular formula is C26H30N4O14S3. The molecule has 0 aliphatic carbocycles. The third-order valence-electron chi connectivity index (χ3n) is 6.79. The summed E-state index contributed by atoms with van der Waals surface area (Å²) in [7, 11) is -8.63. The lowest BCUT2D eigenvalue weighted by Crippen LogP contribution is -2.41. The average Bonchev–Trinajstić information content (AvgIpc) is 3.47. The highest BCUT2D eigenvalue weighted by Gasteiger charge is 2.43. The van der Waals surface area contributed by atoms with Gasteiger partial charge in [0.05, 0.1) is 35.3 Å². The monoisotopic (exact) mass is 718 g/mol. The Balaban J connectivity index is 1.51. The van der Waals surface area contributed by atoms with Crippen molar-refractivity contribution >= 4 is 43.4 Å². The molecule has 18 nitrogen and oxygen atoms in total. The summed E-state index contributed by atoms with van der Waals surface area (Å²) in [5.74, 6) is 0.0651. The maximum absolute atomic E-state index is 13.3. The van der Waals surface area contributed by atoms with Crippen LogP contribution in [0.5, 0.6) is 11.5 Å². The molecule has 21 heteroatoms. The molecule has 2 heterocycles. The summed E-state index contributed by atoms with van der Waals surface area (Å²) >= 11 is 0.432. The molecular weight excluding hydrogens is 689 g/mol. The van der Waals surface area contributed by atoms with Crippen molar-refractivity contribution in [3.05, 3.63) is 71.3 Å². The van der Waals surface area contributed by atoms with Crippen LogP contribution in [0.1, 0.15) is 43.0 Å². The molecule has 2 aromatic carbocycles. The van der Waals surface area contributed by atoms with E-state index >= 15 is 0 Å². The maximum atomic E-state index is 13.3. The Bertz CT molecular complexity index is 1780. The second-order valence-corrected chi connectivity index (χ2v) is 15.4. The number of sulfonamides is 1. The molecule has 256 valence electrons. The molecule has 0 bridgehead atoms. The normalized spacial score (nSPS) is 17.3. The van der Waals surface area contributed by atoms with Gasteiger partial charge in [0.1, 0.15) is 19.9 Å². The summed E-state index contributed by atoms with van der Waals surface area (Å²) in [5, 5.41) is 32.7. The van der Waals surface area contributed by atoms with Gasteiger partial charge in [0.2, 0.25) is 0 Å². The summed E-state index contributed by atoms with van der Waals surface area (Å²) in [4.78, 5) is 36.0. The molecule has 1 aliphatic rings. The predicted molar refractivity (Wildman–Crippen MR) is 156 cm³/mol. The SMILES string of the molecule is CCN(C(=O)Oc1ccc(CON(O)O)cc1)[C@H]1CC(C)S(=O)(=O)c2sc(S(=O)(=O)NC(=O)Oc3ccc(CON(O)O)cc3)cc21. The minimum absolute atomic E-state index is 0.0489. The van der Waals surface area contributed by atoms with Gasteiger partial charge < -0.3 is 14.4 Å². The van der Waals surface area contributed by atoms with Gasteiger partial charge in [-0.15, -0.1) is 11.3 Å². The first-order chi connectivity index (χ1) is 22.1. The van der Waals surface area contributed by atoms with Gasteiger partial charge in [-0.1, -0.05) is 24.3 Å². The zero-order valence-corrected chi connectivity index (χ0v) is 27.1. The number of carbonyl (C=O) groups is 2. The fraction of sp³-hybridized carbons (Fsp3) is 0.308. The Kier molecular flexibility index (Phi) is 11.5. The molecule has 0 spiro atoms. The van der Waals surface area contributed by atoms with Crippen molar-refractivity contribution in [1.82, 2.24) is 20.4 Å².